The molecule has 1 atom stereocenters. The third kappa shape index (κ3) is 4.86. The van der Waals surface area contributed by atoms with Gasteiger partial charge in [-0.05, 0) is 54.7 Å². The summed E-state index contributed by atoms with van der Waals surface area (Å²) in [5.74, 6) is 0.141. The highest BCUT2D eigenvalue weighted by atomic mass is 32.2. The lowest BCUT2D eigenvalue weighted by Gasteiger charge is -2.26. The molecule has 0 bridgehead atoms. The highest BCUT2D eigenvalue weighted by Crippen LogP contribution is 2.23. The number of nitrogens with zero attached hydrogens (tertiary/aromatic N) is 1. The van der Waals surface area contributed by atoms with Crippen molar-refractivity contribution < 1.29 is 17.9 Å². The summed E-state index contributed by atoms with van der Waals surface area (Å²) < 4.78 is 32.4. The van der Waals surface area contributed by atoms with Crippen molar-refractivity contribution in [3.63, 3.8) is 0 Å². The van der Waals surface area contributed by atoms with E-state index < -0.39 is 10.0 Å². The second kappa shape index (κ2) is 9.07. The van der Waals surface area contributed by atoms with E-state index in [1.165, 1.54) is 15.9 Å². The second-order valence-electron chi connectivity index (χ2n) is 7.38. The van der Waals surface area contributed by atoms with Gasteiger partial charge in [-0.25, -0.2) is 8.42 Å². The van der Waals surface area contributed by atoms with E-state index >= 15 is 0 Å². The van der Waals surface area contributed by atoms with Gasteiger partial charge in [0.1, 0.15) is 0 Å². The van der Waals surface area contributed by atoms with Gasteiger partial charge in [-0.1, -0.05) is 32.0 Å². The maximum absolute atomic E-state index is 12.9. The Morgan fingerprint density at radius 1 is 1.14 bits per heavy atom. The summed E-state index contributed by atoms with van der Waals surface area (Å²) in [6.45, 7) is 7.50. The van der Waals surface area contributed by atoms with Crippen LogP contribution in [0.5, 0.6) is 0 Å². The van der Waals surface area contributed by atoms with Crippen LogP contribution in [-0.2, 0) is 14.8 Å². The molecule has 1 saturated heterocycles. The maximum atomic E-state index is 12.9. The van der Waals surface area contributed by atoms with Crippen LogP contribution < -0.4 is 5.32 Å². The summed E-state index contributed by atoms with van der Waals surface area (Å²) in [6, 6.07) is 12.5. The molecule has 0 aliphatic carbocycles. The number of hydrogen-bond donors (Lipinski definition) is 1. The molecule has 2 aromatic rings. The number of carbonyl (C=O) groups is 1. The molecule has 1 amide bonds. The van der Waals surface area contributed by atoms with Crippen LogP contribution in [0, 0.1) is 6.92 Å². The van der Waals surface area contributed by atoms with Crippen LogP contribution in [0.25, 0.3) is 0 Å². The Morgan fingerprint density at radius 2 is 1.79 bits per heavy atom. The number of carbonyl (C=O) groups excluding carboxylic acids is 1. The number of anilines is 1. The monoisotopic (exact) mass is 416 g/mol. The molecular formula is C22H28N2O4S. The minimum absolute atomic E-state index is 0.127. The molecule has 2 aromatic carbocycles. The fraction of sp³-hybridized carbons (Fsp3) is 0.409. The Hall–Kier alpha value is -2.22. The van der Waals surface area contributed by atoms with Crippen molar-refractivity contribution in [1.82, 2.24) is 4.31 Å². The summed E-state index contributed by atoms with van der Waals surface area (Å²) in [5.41, 5.74) is 2.98. The lowest BCUT2D eigenvalue weighted by molar-refractivity contribution is 0.0730. The first-order valence-electron chi connectivity index (χ1n) is 9.92. The minimum atomic E-state index is -3.65. The first kappa shape index (κ1) is 21.5. The Bertz CT molecular complexity index is 965. The predicted molar refractivity (Wildman–Crippen MR) is 114 cm³/mol. The number of aryl methyl sites for hydroxylation is 1. The van der Waals surface area contributed by atoms with E-state index in [1.54, 1.807) is 19.1 Å². The van der Waals surface area contributed by atoms with Crippen molar-refractivity contribution >= 4 is 21.6 Å². The number of hydrogen-bond acceptors (Lipinski definition) is 4. The molecule has 1 fully saturated rings. The second-order valence-corrected chi connectivity index (χ2v) is 9.32. The van der Waals surface area contributed by atoms with E-state index in [1.807, 2.05) is 24.3 Å². The molecule has 156 valence electrons. The molecule has 0 unspecified atom stereocenters. The predicted octanol–water partition coefficient (Wildman–Crippen LogP) is 3.78. The molecule has 1 aliphatic rings. The Balaban J connectivity index is 1.81. The van der Waals surface area contributed by atoms with Crippen molar-refractivity contribution in [3.8, 4) is 0 Å². The topological polar surface area (TPSA) is 75.7 Å². The van der Waals surface area contributed by atoms with E-state index in [0.29, 0.717) is 43.5 Å². The van der Waals surface area contributed by atoms with E-state index in [9.17, 15) is 13.2 Å². The highest BCUT2D eigenvalue weighted by Gasteiger charge is 2.27. The van der Waals surface area contributed by atoms with E-state index in [-0.39, 0.29) is 10.8 Å². The van der Waals surface area contributed by atoms with E-state index in [4.69, 9.17) is 4.74 Å². The van der Waals surface area contributed by atoms with Gasteiger partial charge in [-0.3, -0.25) is 4.79 Å². The first-order valence-corrected chi connectivity index (χ1v) is 11.4. The maximum Gasteiger partial charge on any atom is 0.255 e. The Labute approximate surface area is 172 Å². The molecule has 1 aliphatic heterocycles. The average molecular weight is 417 g/mol. The van der Waals surface area contributed by atoms with Gasteiger partial charge in [0.2, 0.25) is 10.0 Å². The number of amides is 1. The smallest absolute Gasteiger partial charge is 0.255 e. The number of ether oxygens (including phenoxy) is 1. The Morgan fingerprint density at radius 3 is 2.41 bits per heavy atom. The molecule has 1 N–H and O–H groups in total. The zero-order chi connectivity index (χ0) is 21.0. The van der Waals surface area contributed by atoms with Gasteiger partial charge >= 0.3 is 0 Å². The highest BCUT2D eigenvalue weighted by molar-refractivity contribution is 7.89. The van der Waals surface area contributed by atoms with Crippen LogP contribution in [0.4, 0.5) is 5.69 Å². The normalized spacial score (nSPS) is 16.4. The quantitative estimate of drug-likeness (QED) is 0.778. The standard InChI is InChI=1S/C22H28N2O4S/c1-4-16(2)18-6-8-19(9-7-18)23-22(25)21-15-20(10-5-17(21)3)29(26,27)24-11-13-28-14-12-24/h5-10,15-16H,4,11-14H2,1-3H3,(H,23,25)/t16-/m0/s1. The molecule has 0 aromatic heterocycles. The van der Waals surface area contributed by atoms with Gasteiger partial charge in [-0.2, -0.15) is 4.31 Å². The molecule has 7 heteroatoms. The van der Waals surface area contributed by atoms with Crippen LogP contribution in [0.15, 0.2) is 47.4 Å². The zero-order valence-corrected chi connectivity index (χ0v) is 18.0. The van der Waals surface area contributed by atoms with Crippen molar-refractivity contribution in [2.24, 2.45) is 0 Å². The van der Waals surface area contributed by atoms with Crippen LogP contribution >= 0.6 is 0 Å². The summed E-state index contributed by atoms with van der Waals surface area (Å²) >= 11 is 0. The number of sulfonamides is 1. The molecular weight excluding hydrogens is 388 g/mol. The van der Waals surface area contributed by atoms with Crippen molar-refractivity contribution in [2.45, 2.75) is 38.0 Å². The molecule has 3 rings (SSSR count). The number of benzene rings is 2. The van der Waals surface area contributed by atoms with E-state index in [2.05, 4.69) is 19.2 Å². The first-order chi connectivity index (χ1) is 13.8. The summed E-state index contributed by atoms with van der Waals surface area (Å²) in [4.78, 5) is 13.0. The van der Waals surface area contributed by atoms with Crippen LogP contribution in [0.2, 0.25) is 0 Å². The molecule has 29 heavy (non-hydrogen) atoms. The van der Waals surface area contributed by atoms with Gasteiger partial charge in [0, 0.05) is 24.3 Å². The fourth-order valence-corrected chi connectivity index (χ4v) is 4.71. The van der Waals surface area contributed by atoms with Crippen LogP contribution in [-0.4, -0.2) is 44.9 Å². The molecule has 0 saturated carbocycles. The largest absolute Gasteiger partial charge is 0.379 e. The van der Waals surface area contributed by atoms with Gasteiger partial charge in [-0.15, -0.1) is 0 Å². The van der Waals surface area contributed by atoms with Gasteiger partial charge in [0.15, 0.2) is 0 Å². The summed E-state index contributed by atoms with van der Waals surface area (Å²) in [5, 5.41) is 2.87. The van der Waals surface area contributed by atoms with E-state index in [0.717, 1.165) is 12.0 Å². The lowest BCUT2D eigenvalue weighted by Crippen LogP contribution is -2.40. The van der Waals surface area contributed by atoms with Gasteiger partial charge < -0.3 is 10.1 Å². The van der Waals surface area contributed by atoms with Gasteiger partial charge in [0.05, 0.1) is 18.1 Å². The number of morpholine rings is 1. The number of rotatable bonds is 6. The van der Waals surface area contributed by atoms with Crippen LogP contribution in [0.3, 0.4) is 0 Å². The summed E-state index contributed by atoms with van der Waals surface area (Å²) in [7, 11) is -3.65. The fourth-order valence-electron chi connectivity index (χ4n) is 3.27. The third-order valence-electron chi connectivity index (χ3n) is 5.41. The molecule has 0 radical (unpaired) electrons. The summed E-state index contributed by atoms with van der Waals surface area (Å²) in [6.07, 6.45) is 1.05. The lowest BCUT2D eigenvalue weighted by atomic mass is 9.98. The Kier molecular flexibility index (Phi) is 6.72. The van der Waals surface area contributed by atoms with Crippen molar-refractivity contribution in [3.05, 3.63) is 59.2 Å². The van der Waals surface area contributed by atoms with Crippen LogP contribution in [0.1, 0.15) is 47.7 Å². The molecule has 6 nitrogen and oxygen atoms in total. The molecule has 0 spiro atoms. The van der Waals surface area contributed by atoms with Crippen molar-refractivity contribution in [2.75, 3.05) is 31.6 Å². The number of nitrogens with one attached hydrogen (secondary N) is 1. The third-order valence-corrected chi connectivity index (χ3v) is 7.31. The minimum Gasteiger partial charge on any atom is -0.379 e. The SMILES string of the molecule is CC[C@H](C)c1ccc(NC(=O)c2cc(S(=O)(=O)N3CCOCC3)ccc2C)cc1. The van der Waals surface area contributed by atoms with Gasteiger partial charge in [0.25, 0.3) is 5.91 Å². The zero-order valence-electron chi connectivity index (χ0n) is 17.1. The average Bonchev–Trinajstić information content (AvgIpc) is 2.74. The van der Waals surface area contributed by atoms with Crippen molar-refractivity contribution in [1.29, 1.82) is 0 Å². The molecule has 1 heterocycles.